The van der Waals surface area contributed by atoms with Gasteiger partial charge in [0, 0.05) is 24.0 Å². The monoisotopic (exact) mass is 353 g/mol. The summed E-state index contributed by atoms with van der Waals surface area (Å²) in [4.78, 5) is 35.0. The van der Waals surface area contributed by atoms with E-state index in [1.807, 2.05) is 0 Å². The highest BCUT2D eigenvalue weighted by Crippen LogP contribution is 2.23. The smallest absolute Gasteiger partial charge is 0.261 e. The quantitative estimate of drug-likeness (QED) is 0.396. The molecule has 26 heavy (non-hydrogen) atoms. The molecule has 3 rings (SSSR count). The number of nitrogens with one attached hydrogen (secondary N) is 3. The summed E-state index contributed by atoms with van der Waals surface area (Å²) < 4.78 is 0. The Morgan fingerprint density at radius 1 is 1.23 bits per heavy atom. The van der Waals surface area contributed by atoms with Gasteiger partial charge in [-0.05, 0) is 37.2 Å². The van der Waals surface area contributed by atoms with Crippen LogP contribution in [0.4, 0.5) is 17.5 Å². The molecule has 0 saturated carbocycles. The Morgan fingerprint density at radius 2 is 2.08 bits per heavy atom. The molecule has 0 spiro atoms. The first-order valence-electron chi connectivity index (χ1n) is 8.09. The number of benzene rings is 1. The van der Waals surface area contributed by atoms with Crippen molar-refractivity contribution in [3.05, 3.63) is 52.4 Å². The summed E-state index contributed by atoms with van der Waals surface area (Å²) in [5.41, 5.74) is 11.9. The van der Waals surface area contributed by atoms with Crippen molar-refractivity contribution in [2.24, 2.45) is 11.5 Å². The lowest BCUT2D eigenvalue weighted by Crippen LogP contribution is -2.14. The minimum Gasteiger partial charge on any atom is -0.366 e. The van der Waals surface area contributed by atoms with Gasteiger partial charge in [-0.3, -0.25) is 9.59 Å². The predicted molar refractivity (Wildman–Crippen MR) is 101 cm³/mol. The van der Waals surface area contributed by atoms with Gasteiger partial charge in [-0.15, -0.1) is 0 Å². The van der Waals surface area contributed by atoms with Gasteiger partial charge in [0.25, 0.3) is 5.56 Å². The molecular weight excluding hydrogens is 334 g/mol. The van der Waals surface area contributed by atoms with E-state index in [4.69, 9.17) is 11.5 Å². The number of nitrogens with two attached hydrogens (primary N) is 2. The molecule has 0 aliphatic rings. The zero-order chi connectivity index (χ0) is 18.5. The van der Waals surface area contributed by atoms with E-state index in [0.29, 0.717) is 47.0 Å². The molecule has 0 bridgehead atoms. The van der Waals surface area contributed by atoms with Gasteiger partial charge in [0.05, 0.1) is 5.52 Å². The topological polar surface area (TPSA) is 152 Å². The van der Waals surface area contributed by atoms with Crippen molar-refractivity contribution in [1.29, 1.82) is 0 Å². The maximum atomic E-state index is 12.2. The van der Waals surface area contributed by atoms with E-state index in [1.165, 1.54) is 6.20 Å². The van der Waals surface area contributed by atoms with Gasteiger partial charge in [0.15, 0.2) is 0 Å². The van der Waals surface area contributed by atoms with Crippen LogP contribution >= 0.6 is 0 Å². The van der Waals surface area contributed by atoms with Crippen LogP contribution in [-0.2, 0) is 0 Å². The van der Waals surface area contributed by atoms with Crippen LogP contribution in [-0.4, -0.2) is 33.9 Å². The highest BCUT2D eigenvalue weighted by molar-refractivity contribution is 5.95. The predicted octanol–water partition coefficient (Wildman–Crippen LogP) is 0.921. The lowest BCUT2D eigenvalue weighted by molar-refractivity contribution is 0.100. The van der Waals surface area contributed by atoms with Crippen molar-refractivity contribution < 1.29 is 4.79 Å². The third-order valence-corrected chi connectivity index (χ3v) is 3.69. The van der Waals surface area contributed by atoms with Crippen molar-refractivity contribution in [1.82, 2.24) is 15.0 Å². The van der Waals surface area contributed by atoms with Crippen LogP contribution < -0.4 is 27.7 Å². The SMILES string of the molecule is NCCCNc1nc(Nc2cccc(C(N)=O)c2)c2c(=O)[nH]ccc2n1. The normalized spacial score (nSPS) is 10.7. The number of amides is 1. The summed E-state index contributed by atoms with van der Waals surface area (Å²) in [5, 5.41) is 6.48. The summed E-state index contributed by atoms with van der Waals surface area (Å²) in [6.45, 7) is 1.16. The first-order chi connectivity index (χ1) is 12.6. The molecule has 1 amide bonds. The molecule has 2 aromatic heterocycles. The summed E-state index contributed by atoms with van der Waals surface area (Å²) in [6.07, 6.45) is 2.29. The van der Waals surface area contributed by atoms with Gasteiger partial charge in [0.1, 0.15) is 11.2 Å². The molecule has 0 atom stereocenters. The zero-order valence-corrected chi connectivity index (χ0v) is 14.0. The molecule has 0 radical (unpaired) electrons. The second-order valence-electron chi connectivity index (χ2n) is 5.60. The summed E-state index contributed by atoms with van der Waals surface area (Å²) in [7, 11) is 0. The number of carbonyl (C=O) groups excluding carboxylic acids is 1. The molecule has 0 saturated heterocycles. The van der Waals surface area contributed by atoms with Crippen molar-refractivity contribution in [2.45, 2.75) is 6.42 Å². The summed E-state index contributed by atoms with van der Waals surface area (Å²) in [5.74, 6) is 0.169. The molecule has 2 heterocycles. The van der Waals surface area contributed by atoms with Gasteiger partial charge in [-0.25, -0.2) is 4.98 Å². The van der Waals surface area contributed by atoms with Crippen LogP contribution in [0.2, 0.25) is 0 Å². The van der Waals surface area contributed by atoms with Crippen LogP contribution in [0.3, 0.4) is 0 Å². The van der Waals surface area contributed by atoms with Gasteiger partial charge >= 0.3 is 0 Å². The highest BCUT2D eigenvalue weighted by atomic mass is 16.1. The number of primary amides is 1. The van der Waals surface area contributed by atoms with Crippen molar-refractivity contribution in [2.75, 3.05) is 23.7 Å². The van der Waals surface area contributed by atoms with Gasteiger partial charge < -0.3 is 27.1 Å². The minimum atomic E-state index is -0.539. The Labute approximate surface area is 148 Å². The van der Waals surface area contributed by atoms with E-state index in [2.05, 4.69) is 25.6 Å². The second kappa shape index (κ2) is 7.62. The molecule has 0 unspecified atom stereocenters. The number of hydrogen-bond acceptors (Lipinski definition) is 7. The lowest BCUT2D eigenvalue weighted by Gasteiger charge is -2.11. The first-order valence-corrected chi connectivity index (χ1v) is 8.09. The van der Waals surface area contributed by atoms with Crippen LogP contribution in [0.25, 0.3) is 10.9 Å². The van der Waals surface area contributed by atoms with Gasteiger partial charge in [0.2, 0.25) is 11.9 Å². The van der Waals surface area contributed by atoms with Crippen LogP contribution in [0, 0.1) is 0 Å². The number of H-pyrrole nitrogens is 1. The first kappa shape index (κ1) is 17.4. The number of fused-ring (bicyclic) bond motifs is 1. The number of rotatable bonds is 7. The molecule has 0 aliphatic carbocycles. The standard InChI is InChI=1S/C17H19N7O2/c18-6-2-7-21-17-23-12-5-8-20-16(26)13(12)15(24-17)22-11-4-1-3-10(9-11)14(19)25/h1,3-5,8-9H,2,6-7,18H2,(H2,19,25)(H,20,26)(H2,21,22,23,24). The molecule has 0 fully saturated rings. The van der Waals surface area contributed by atoms with Crippen molar-refractivity contribution >= 4 is 34.3 Å². The Morgan fingerprint density at radius 3 is 2.85 bits per heavy atom. The number of anilines is 3. The average molecular weight is 353 g/mol. The fraction of sp³-hybridized carbons (Fsp3) is 0.176. The average Bonchev–Trinajstić information content (AvgIpc) is 2.62. The summed E-state index contributed by atoms with van der Waals surface area (Å²) in [6, 6.07) is 8.33. The Kier molecular flexibility index (Phi) is 5.09. The zero-order valence-electron chi connectivity index (χ0n) is 14.0. The highest BCUT2D eigenvalue weighted by Gasteiger charge is 2.12. The molecule has 0 aliphatic heterocycles. The van der Waals surface area contributed by atoms with E-state index in [-0.39, 0.29) is 5.56 Å². The molecular formula is C17H19N7O2. The van der Waals surface area contributed by atoms with E-state index in [9.17, 15) is 9.59 Å². The van der Waals surface area contributed by atoms with Gasteiger partial charge in [-0.1, -0.05) is 6.07 Å². The fourth-order valence-electron chi connectivity index (χ4n) is 2.45. The number of hydrogen-bond donors (Lipinski definition) is 5. The number of nitrogens with zero attached hydrogens (tertiary/aromatic N) is 2. The molecule has 9 nitrogen and oxygen atoms in total. The molecule has 134 valence electrons. The van der Waals surface area contributed by atoms with Crippen LogP contribution in [0.5, 0.6) is 0 Å². The number of carbonyl (C=O) groups is 1. The maximum absolute atomic E-state index is 12.2. The molecule has 3 aromatic rings. The number of pyridine rings is 1. The van der Waals surface area contributed by atoms with E-state index < -0.39 is 5.91 Å². The third-order valence-electron chi connectivity index (χ3n) is 3.69. The Bertz CT molecular complexity index is 1000. The third kappa shape index (κ3) is 3.78. The van der Waals surface area contributed by atoms with Crippen LogP contribution in [0.15, 0.2) is 41.3 Å². The van der Waals surface area contributed by atoms with Crippen molar-refractivity contribution in [3.63, 3.8) is 0 Å². The van der Waals surface area contributed by atoms with Crippen LogP contribution in [0.1, 0.15) is 16.8 Å². The van der Waals surface area contributed by atoms with E-state index in [0.717, 1.165) is 6.42 Å². The van der Waals surface area contributed by atoms with Gasteiger partial charge in [-0.2, -0.15) is 4.98 Å². The largest absolute Gasteiger partial charge is 0.366 e. The molecule has 9 heteroatoms. The van der Waals surface area contributed by atoms with E-state index in [1.54, 1.807) is 30.3 Å². The number of aromatic nitrogens is 3. The number of aromatic amines is 1. The maximum Gasteiger partial charge on any atom is 0.261 e. The molecule has 1 aromatic carbocycles. The fourth-order valence-corrected chi connectivity index (χ4v) is 2.45. The Hall–Kier alpha value is -3.46. The minimum absolute atomic E-state index is 0.315. The van der Waals surface area contributed by atoms with E-state index >= 15 is 0 Å². The lowest BCUT2D eigenvalue weighted by atomic mass is 10.2. The molecule has 7 N–H and O–H groups in total. The summed E-state index contributed by atoms with van der Waals surface area (Å²) >= 11 is 0. The second-order valence-corrected chi connectivity index (χ2v) is 5.60. The van der Waals surface area contributed by atoms with Crippen molar-refractivity contribution in [3.8, 4) is 0 Å². The Balaban J connectivity index is 2.03.